The van der Waals surface area contributed by atoms with E-state index in [4.69, 9.17) is 15.2 Å². The first-order valence-corrected chi connectivity index (χ1v) is 6.89. The molecule has 2 aromatic carbocycles. The van der Waals surface area contributed by atoms with Gasteiger partial charge in [-0.3, -0.25) is 0 Å². The van der Waals surface area contributed by atoms with E-state index >= 15 is 0 Å². The number of hydrogen-bond acceptors (Lipinski definition) is 3. The smallest absolute Gasteiger partial charge is 0.136 e. The molecular formula is C17H21NO2. The third-order valence-corrected chi connectivity index (χ3v) is 3.04. The Balaban J connectivity index is 2.09. The molecule has 0 amide bonds. The molecule has 1 atom stereocenters. The highest BCUT2D eigenvalue weighted by Crippen LogP contribution is 2.24. The summed E-state index contributed by atoms with van der Waals surface area (Å²) in [6.07, 6.45) is -0.132. The van der Waals surface area contributed by atoms with E-state index < -0.39 is 0 Å². The molecule has 0 saturated carbocycles. The van der Waals surface area contributed by atoms with Crippen molar-refractivity contribution in [2.24, 2.45) is 5.73 Å². The van der Waals surface area contributed by atoms with Gasteiger partial charge in [0.15, 0.2) is 0 Å². The minimum atomic E-state index is -0.132. The minimum Gasteiger partial charge on any atom is -0.494 e. The van der Waals surface area contributed by atoms with E-state index in [1.165, 1.54) is 5.56 Å². The Bertz CT molecular complexity index is 537. The maximum Gasteiger partial charge on any atom is 0.136 e. The van der Waals surface area contributed by atoms with Gasteiger partial charge >= 0.3 is 0 Å². The fourth-order valence-electron chi connectivity index (χ4n) is 2.07. The molecule has 0 aliphatic carbocycles. The highest BCUT2D eigenvalue weighted by atomic mass is 16.5. The Morgan fingerprint density at radius 3 is 2.35 bits per heavy atom. The monoisotopic (exact) mass is 271 g/mol. The summed E-state index contributed by atoms with van der Waals surface area (Å²) in [6, 6.07) is 15.9. The van der Waals surface area contributed by atoms with Crippen molar-refractivity contribution in [2.45, 2.75) is 20.0 Å². The lowest BCUT2D eigenvalue weighted by atomic mass is 10.1. The van der Waals surface area contributed by atoms with Crippen molar-refractivity contribution in [3.63, 3.8) is 0 Å². The van der Waals surface area contributed by atoms with Gasteiger partial charge in [-0.25, -0.2) is 0 Å². The van der Waals surface area contributed by atoms with Crippen molar-refractivity contribution >= 4 is 0 Å². The average Bonchev–Trinajstić information content (AvgIpc) is 2.47. The Kier molecular flexibility index (Phi) is 5.02. The zero-order valence-electron chi connectivity index (χ0n) is 12.0. The lowest BCUT2D eigenvalue weighted by Gasteiger charge is -2.18. The molecule has 3 heteroatoms. The molecule has 2 rings (SSSR count). The van der Waals surface area contributed by atoms with Crippen LogP contribution >= 0.6 is 0 Å². The molecule has 0 aliphatic rings. The number of hydrogen-bond donors (Lipinski definition) is 1. The molecule has 3 nitrogen and oxygen atoms in total. The number of benzene rings is 2. The Morgan fingerprint density at radius 2 is 1.75 bits per heavy atom. The predicted molar refractivity (Wildman–Crippen MR) is 81.2 cm³/mol. The summed E-state index contributed by atoms with van der Waals surface area (Å²) in [4.78, 5) is 0. The molecular weight excluding hydrogens is 250 g/mol. The second-order valence-corrected chi connectivity index (χ2v) is 4.66. The molecule has 0 fully saturated rings. The van der Waals surface area contributed by atoms with Crippen LogP contribution in [-0.2, 0) is 0 Å². The van der Waals surface area contributed by atoms with Crippen molar-refractivity contribution in [3.8, 4) is 11.5 Å². The van der Waals surface area contributed by atoms with Crippen molar-refractivity contribution in [1.29, 1.82) is 0 Å². The van der Waals surface area contributed by atoms with Crippen LogP contribution in [0.3, 0.4) is 0 Å². The van der Waals surface area contributed by atoms with Gasteiger partial charge in [-0.1, -0.05) is 29.8 Å². The summed E-state index contributed by atoms with van der Waals surface area (Å²) >= 11 is 0. The molecule has 20 heavy (non-hydrogen) atoms. The van der Waals surface area contributed by atoms with Gasteiger partial charge in [0.1, 0.15) is 17.6 Å². The summed E-state index contributed by atoms with van der Waals surface area (Å²) < 4.78 is 11.4. The first-order chi connectivity index (χ1) is 9.72. The molecule has 0 bridgehead atoms. The lowest BCUT2D eigenvalue weighted by molar-refractivity contribution is 0.214. The molecule has 0 aliphatic heterocycles. The summed E-state index contributed by atoms with van der Waals surface area (Å²) in [6.45, 7) is 5.13. The average molecular weight is 271 g/mol. The topological polar surface area (TPSA) is 44.5 Å². The van der Waals surface area contributed by atoms with E-state index in [0.717, 1.165) is 17.1 Å². The van der Waals surface area contributed by atoms with Crippen LogP contribution < -0.4 is 15.2 Å². The Morgan fingerprint density at radius 1 is 1.05 bits per heavy atom. The second-order valence-electron chi connectivity index (χ2n) is 4.66. The standard InChI is InChI=1S/C17H21NO2/c1-3-19-15-7-9-16(10-8-15)20-17(12-18)14-6-4-5-13(2)11-14/h4-11,17H,3,12,18H2,1-2H3. The third-order valence-electron chi connectivity index (χ3n) is 3.04. The Labute approximate surface area is 120 Å². The van der Waals surface area contributed by atoms with Crippen molar-refractivity contribution in [3.05, 3.63) is 59.7 Å². The molecule has 106 valence electrons. The van der Waals surface area contributed by atoms with Crippen LogP contribution in [0.15, 0.2) is 48.5 Å². The molecule has 0 spiro atoms. The van der Waals surface area contributed by atoms with Gasteiger partial charge in [-0.2, -0.15) is 0 Å². The van der Waals surface area contributed by atoms with Crippen LogP contribution in [0.1, 0.15) is 24.2 Å². The Hall–Kier alpha value is -2.00. The summed E-state index contributed by atoms with van der Waals surface area (Å²) in [5.41, 5.74) is 8.13. The molecule has 2 N–H and O–H groups in total. The van der Waals surface area contributed by atoms with Gasteiger partial charge < -0.3 is 15.2 Å². The number of nitrogens with two attached hydrogens (primary N) is 1. The summed E-state index contributed by atoms with van der Waals surface area (Å²) in [5, 5.41) is 0. The van der Waals surface area contributed by atoms with E-state index in [-0.39, 0.29) is 6.10 Å². The molecule has 2 aromatic rings. The first kappa shape index (κ1) is 14.4. The molecule has 0 aromatic heterocycles. The number of rotatable bonds is 6. The fourth-order valence-corrected chi connectivity index (χ4v) is 2.07. The van der Waals surface area contributed by atoms with Gasteiger partial charge in [0, 0.05) is 6.54 Å². The molecule has 0 saturated heterocycles. The van der Waals surface area contributed by atoms with E-state index in [1.807, 2.05) is 43.3 Å². The molecule has 1 unspecified atom stereocenters. The van der Waals surface area contributed by atoms with Gasteiger partial charge in [0.05, 0.1) is 6.61 Å². The predicted octanol–water partition coefficient (Wildman–Crippen LogP) is 3.47. The van der Waals surface area contributed by atoms with Crippen molar-refractivity contribution in [1.82, 2.24) is 0 Å². The fraction of sp³-hybridized carbons (Fsp3) is 0.294. The van der Waals surface area contributed by atoms with Crippen LogP contribution in [0.25, 0.3) is 0 Å². The zero-order chi connectivity index (χ0) is 14.4. The van der Waals surface area contributed by atoms with E-state index in [9.17, 15) is 0 Å². The van der Waals surface area contributed by atoms with Gasteiger partial charge in [-0.15, -0.1) is 0 Å². The van der Waals surface area contributed by atoms with Crippen LogP contribution in [0.4, 0.5) is 0 Å². The minimum absolute atomic E-state index is 0.132. The maximum atomic E-state index is 5.96. The van der Waals surface area contributed by atoms with Crippen LogP contribution in [0.5, 0.6) is 11.5 Å². The number of aryl methyl sites for hydroxylation is 1. The van der Waals surface area contributed by atoms with Crippen molar-refractivity contribution in [2.75, 3.05) is 13.2 Å². The highest BCUT2D eigenvalue weighted by molar-refractivity contribution is 5.32. The lowest BCUT2D eigenvalue weighted by Crippen LogP contribution is -2.18. The van der Waals surface area contributed by atoms with Gasteiger partial charge in [0.2, 0.25) is 0 Å². The molecule has 0 radical (unpaired) electrons. The van der Waals surface area contributed by atoms with Gasteiger partial charge in [0.25, 0.3) is 0 Å². The van der Waals surface area contributed by atoms with Gasteiger partial charge in [-0.05, 0) is 43.7 Å². The highest BCUT2D eigenvalue weighted by Gasteiger charge is 2.11. The van der Waals surface area contributed by atoms with Crippen LogP contribution in [0.2, 0.25) is 0 Å². The van der Waals surface area contributed by atoms with Crippen LogP contribution in [0, 0.1) is 6.92 Å². The molecule has 0 heterocycles. The number of ether oxygens (including phenoxy) is 2. The van der Waals surface area contributed by atoms with E-state index in [2.05, 4.69) is 19.1 Å². The van der Waals surface area contributed by atoms with Crippen LogP contribution in [-0.4, -0.2) is 13.2 Å². The largest absolute Gasteiger partial charge is 0.494 e. The normalized spacial score (nSPS) is 11.9. The second kappa shape index (κ2) is 6.96. The van der Waals surface area contributed by atoms with Crippen molar-refractivity contribution < 1.29 is 9.47 Å². The summed E-state index contributed by atoms with van der Waals surface area (Å²) in [7, 11) is 0. The van der Waals surface area contributed by atoms with E-state index in [0.29, 0.717) is 13.2 Å². The maximum absolute atomic E-state index is 5.96. The quantitative estimate of drug-likeness (QED) is 0.875. The SMILES string of the molecule is CCOc1ccc(OC(CN)c2cccc(C)c2)cc1. The first-order valence-electron chi connectivity index (χ1n) is 6.89. The zero-order valence-corrected chi connectivity index (χ0v) is 12.0. The third kappa shape index (κ3) is 3.75. The van der Waals surface area contributed by atoms with E-state index in [1.54, 1.807) is 0 Å². The summed E-state index contributed by atoms with van der Waals surface area (Å²) in [5.74, 6) is 1.64.